The maximum absolute atomic E-state index is 12.1. The molecule has 2 atom stereocenters. The molecule has 2 unspecified atom stereocenters. The Labute approximate surface area is 178 Å². The van der Waals surface area contributed by atoms with Gasteiger partial charge in [0.15, 0.2) is 5.82 Å². The minimum atomic E-state index is -0.709. The Bertz CT molecular complexity index is 1290. The molecule has 7 rings (SSSR count). The van der Waals surface area contributed by atoms with Crippen LogP contribution in [0.2, 0.25) is 0 Å². The van der Waals surface area contributed by atoms with Gasteiger partial charge in [-0.15, -0.1) is 0 Å². The Morgan fingerprint density at radius 1 is 1.06 bits per heavy atom. The topological polar surface area (TPSA) is 117 Å². The van der Waals surface area contributed by atoms with Crippen molar-refractivity contribution in [3.8, 4) is 11.4 Å². The van der Waals surface area contributed by atoms with E-state index in [0.29, 0.717) is 17.6 Å². The molecule has 31 heavy (non-hydrogen) atoms. The molecule has 3 heterocycles. The largest absolute Gasteiger partial charge is 0.481 e. The lowest BCUT2D eigenvalue weighted by molar-refractivity contribution is -0.148. The van der Waals surface area contributed by atoms with Crippen molar-refractivity contribution in [1.29, 1.82) is 0 Å². The summed E-state index contributed by atoms with van der Waals surface area (Å²) in [5, 5.41) is 15.3. The van der Waals surface area contributed by atoms with Crippen molar-refractivity contribution >= 4 is 33.7 Å². The normalized spacial score (nSPS) is 25.2. The van der Waals surface area contributed by atoms with Crippen LogP contribution in [-0.2, 0) is 4.79 Å². The number of carboxylic acids is 1. The number of nitrogens with one attached hydrogen (secondary N) is 2. The van der Waals surface area contributed by atoms with E-state index in [0.717, 1.165) is 53.2 Å². The number of hydrogen-bond acceptors (Lipinski definition) is 6. The number of nitrogens with zero attached hydrogens (tertiary/aromatic N) is 4. The number of anilines is 1. The molecular formula is C23H22N6O2. The van der Waals surface area contributed by atoms with Crippen LogP contribution < -0.4 is 5.32 Å². The number of carbonyl (C=O) groups is 1. The minimum absolute atomic E-state index is 0.123. The van der Waals surface area contributed by atoms with Crippen molar-refractivity contribution in [3.63, 3.8) is 0 Å². The van der Waals surface area contributed by atoms with E-state index in [4.69, 9.17) is 9.97 Å². The molecule has 3 N–H and O–H groups in total. The minimum Gasteiger partial charge on any atom is -0.481 e. The first kappa shape index (κ1) is 18.2. The summed E-state index contributed by atoms with van der Waals surface area (Å²) in [7, 11) is 0. The zero-order valence-electron chi connectivity index (χ0n) is 16.8. The van der Waals surface area contributed by atoms with Gasteiger partial charge in [-0.25, -0.2) is 19.9 Å². The monoisotopic (exact) mass is 414 g/mol. The van der Waals surface area contributed by atoms with Crippen LogP contribution in [0, 0.1) is 17.8 Å². The Kier molecular flexibility index (Phi) is 4.12. The lowest BCUT2D eigenvalue weighted by atomic mass is 9.61. The molecule has 3 aliphatic rings. The highest BCUT2D eigenvalue weighted by Gasteiger charge is 2.47. The van der Waals surface area contributed by atoms with Crippen LogP contribution in [0.15, 0.2) is 43.0 Å². The average molecular weight is 414 g/mol. The van der Waals surface area contributed by atoms with E-state index in [9.17, 15) is 9.90 Å². The summed E-state index contributed by atoms with van der Waals surface area (Å²) in [6.07, 6.45) is 9.25. The summed E-state index contributed by atoms with van der Waals surface area (Å²) < 4.78 is 0. The summed E-state index contributed by atoms with van der Waals surface area (Å²) in [6.45, 7) is 0. The first-order chi connectivity index (χ1) is 15.2. The van der Waals surface area contributed by atoms with Crippen molar-refractivity contribution in [2.75, 3.05) is 5.32 Å². The molecule has 3 aliphatic carbocycles. The van der Waals surface area contributed by atoms with Gasteiger partial charge in [0.05, 0.1) is 11.4 Å². The van der Waals surface area contributed by atoms with Crippen molar-refractivity contribution in [3.05, 3.63) is 43.0 Å². The first-order valence-corrected chi connectivity index (χ1v) is 10.7. The predicted molar refractivity (Wildman–Crippen MR) is 116 cm³/mol. The van der Waals surface area contributed by atoms with Crippen molar-refractivity contribution in [2.24, 2.45) is 17.8 Å². The summed E-state index contributed by atoms with van der Waals surface area (Å²) in [5.74, 6) is 0.749. The number of rotatable bonds is 4. The fourth-order valence-corrected chi connectivity index (χ4v) is 5.52. The lowest BCUT2D eigenvalue weighted by Gasteiger charge is -2.47. The second kappa shape index (κ2) is 7.01. The van der Waals surface area contributed by atoms with Crippen LogP contribution >= 0.6 is 0 Å². The quantitative estimate of drug-likeness (QED) is 0.464. The summed E-state index contributed by atoms with van der Waals surface area (Å²) >= 11 is 0. The van der Waals surface area contributed by atoms with E-state index < -0.39 is 5.97 Å². The van der Waals surface area contributed by atoms with Crippen LogP contribution in [0.25, 0.3) is 33.3 Å². The van der Waals surface area contributed by atoms with E-state index in [1.54, 1.807) is 6.20 Å². The van der Waals surface area contributed by atoms with Crippen LogP contribution in [0.3, 0.4) is 0 Å². The number of carboxylic acid groups (broad SMARTS) is 1. The fraction of sp³-hybridized carbons (Fsp3) is 0.348. The molecule has 8 nitrogen and oxygen atoms in total. The Morgan fingerprint density at radius 3 is 2.71 bits per heavy atom. The van der Waals surface area contributed by atoms with Gasteiger partial charge in [0.25, 0.3) is 0 Å². The molecule has 156 valence electrons. The maximum atomic E-state index is 12.1. The van der Waals surface area contributed by atoms with Crippen molar-refractivity contribution in [2.45, 2.75) is 31.7 Å². The standard InChI is InChI=1S/C23H22N6O2/c30-23(31)18-12-5-7-13(8-6-12)19(18)28-21-14-3-1-2-4-17(14)27-22(29-21)16-10-25-20-15(16)9-24-11-26-20/h1-4,9-13,18-19H,5-8H2,(H,30,31)(H,24,25,26)(H,27,28,29). The lowest BCUT2D eigenvalue weighted by Crippen LogP contribution is -2.51. The third-order valence-corrected chi connectivity index (χ3v) is 7.01. The zero-order valence-corrected chi connectivity index (χ0v) is 16.8. The molecule has 0 aliphatic heterocycles. The summed E-state index contributed by atoms with van der Waals surface area (Å²) in [5.41, 5.74) is 2.37. The highest BCUT2D eigenvalue weighted by atomic mass is 16.4. The number of aliphatic carboxylic acids is 1. The fourth-order valence-electron chi connectivity index (χ4n) is 5.52. The highest BCUT2D eigenvalue weighted by Crippen LogP contribution is 2.46. The SMILES string of the molecule is O=C(O)C1C2CCC(CC2)C1Nc1nc(-c2c[nH]c3ncncc23)nc2ccccc12. The van der Waals surface area contributed by atoms with Crippen LogP contribution in [-0.4, -0.2) is 42.0 Å². The van der Waals surface area contributed by atoms with Gasteiger partial charge in [0.2, 0.25) is 0 Å². The van der Waals surface area contributed by atoms with Gasteiger partial charge in [0.1, 0.15) is 17.8 Å². The molecule has 8 heteroatoms. The van der Waals surface area contributed by atoms with Gasteiger partial charge in [-0.05, 0) is 49.7 Å². The molecule has 3 aromatic heterocycles. The second-order valence-corrected chi connectivity index (χ2v) is 8.61. The van der Waals surface area contributed by atoms with E-state index in [1.807, 2.05) is 30.5 Å². The molecule has 1 aromatic carbocycles. The Morgan fingerprint density at radius 2 is 1.87 bits per heavy atom. The van der Waals surface area contributed by atoms with Crippen LogP contribution in [0.5, 0.6) is 0 Å². The third-order valence-electron chi connectivity index (χ3n) is 7.01. The average Bonchev–Trinajstić information content (AvgIpc) is 3.24. The molecule has 0 saturated heterocycles. The van der Waals surface area contributed by atoms with Gasteiger partial charge in [-0.3, -0.25) is 4.79 Å². The van der Waals surface area contributed by atoms with Gasteiger partial charge in [-0.2, -0.15) is 0 Å². The van der Waals surface area contributed by atoms with E-state index in [2.05, 4.69) is 20.3 Å². The smallest absolute Gasteiger partial charge is 0.308 e. The number of hydrogen-bond donors (Lipinski definition) is 3. The molecular weight excluding hydrogens is 392 g/mol. The van der Waals surface area contributed by atoms with Gasteiger partial charge in [0, 0.05) is 34.8 Å². The molecule has 2 bridgehead atoms. The number of fused-ring (bicyclic) bond motifs is 5. The Hall–Kier alpha value is -3.55. The molecule has 0 spiro atoms. The maximum Gasteiger partial charge on any atom is 0.308 e. The predicted octanol–water partition coefficient (Wildman–Crippen LogP) is 3.87. The molecule has 0 amide bonds. The van der Waals surface area contributed by atoms with E-state index in [1.165, 1.54) is 6.33 Å². The highest BCUT2D eigenvalue weighted by molar-refractivity contribution is 5.95. The second-order valence-electron chi connectivity index (χ2n) is 8.61. The van der Waals surface area contributed by atoms with Crippen LogP contribution in [0.1, 0.15) is 25.7 Å². The number of benzene rings is 1. The van der Waals surface area contributed by atoms with E-state index in [-0.39, 0.29) is 17.9 Å². The zero-order chi connectivity index (χ0) is 20.9. The first-order valence-electron chi connectivity index (χ1n) is 10.7. The van der Waals surface area contributed by atoms with Gasteiger partial charge >= 0.3 is 5.97 Å². The molecule has 3 fully saturated rings. The summed E-state index contributed by atoms with van der Waals surface area (Å²) in [6, 6.07) is 7.72. The summed E-state index contributed by atoms with van der Waals surface area (Å²) in [4.78, 5) is 33.3. The van der Waals surface area contributed by atoms with Gasteiger partial charge < -0.3 is 15.4 Å². The number of para-hydroxylation sites is 1. The number of aromatic amines is 1. The molecule has 3 saturated carbocycles. The van der Waals surface area contributed by atoms with Gasteiger partial charge in [-0.1, -0.05) is 12.1 Å². The molecule has 4 aromatic rings. The van der Waals surface area contributed by atoms with E-state index >= 15 is 0 Å². The number of H-pyrrole nitrogens is 1. The molecule has 0 radical (unpaired) electrons. The van der Waals surface area contributed by atoms with Crippen molar-refractivity contribution < 1.29 is 9.90 Å². The Balaban J connectivity index is 1.48. The van der Waals surface area contributed by atoms with Crippen LogP contribution in [0.4, 0.5) is 5.82 Å². The third kappa shape index (κ3) is 2.93. The van der Waals surface area contributed by atoms with Crippen molar-refractivity contribution in [1.82, 2.24) is 24.9 Å². The number of aromatic nitrogens is 5.